The quantitative estimate of drug-likeness (QED) is 0.909. The zero-order valence-corrected chi connectivity index (χ0v) is 12.7. The second-order valence-electron chi connectivity index (χ2n) is 5.58. The molecular formula is C18H22N2O. The third-order valence-corrected chi connectivity index (χ3v) is 4.07. The first-order chi connectivity index (χ1) is 10.3. The van der Waals surface area contributed by atoms with E-state index in [1.165, 1.54) is 22.4 Å². The van der Waals surface area contributed by atoms with Crippen LogP contribution < -0.4 is 10.2 Å². The van der Waals surface area contributed by atoms with Crippen molar-refractivity contribution >= 4 is 11.4 Å². The number of nitrogens with zero attached hydrogens (tertiary/aromatic N) is 1. The minimum absolute atomic E-state index is 0.637. The highest BCUT2D eigenvalue weighted by Gasteiger charge is 2.15. The van der Waals surface area contributed by atoms with Crippen LogP contribution in [0.1, 0.15) is 16.7 Å². The van der Waals surface area contributed by atoms with Crippen molar-refractivity contribution in [2.75, 3.05) is 30.9 Å². The Kier molecular flexibility index (Phi) is 4.11. The molecule has 0 aliphatic carbocycles. The van der Waals surface area contributed by atoms with Crippen LogP contribution in [-0.2, 0) is 24.3 Å². The van der Waals surface area contributed by atoms with Gasteiger partial charge < -0.3 is 15.0 Å². The largest absolute Gasteiger partial charge is 0.381 e. The van der Waals surface area contributed by atoms with Crippen molar-refractivity contribution in [1.29, 1.82) is 0 Å². The van der Waals surface area contributed by atoms with Gasteiger partial charge in [0, 0.05) is 44.2 Å². The fourth-order valence-corrected chi connectivity index (χ4v) is 2.90. The maximum Gasteiger partial charge on any atom is 0.0733 e. The Hall–Kier alpha value is -2.00. The summed E-state index contributed by atoms with van der Waals surface area (Å²) in [5, 5.41) is 3.52. The molecule has 1 aliphatic rings. The van der Waals surface area contributed by atoms with Crippen LogP contribution in [0.5, 0.6) is 0 Å². The number of para-hydroxylation sites is 1. The van der Waals surface area contributed by atoms with E-state index >= 15 is 0 Å². The van der Waals surface area contributed by atoms with Crippen molar-refractivity contribution in [3.8, 4) is 0 Å². The van der Waals surface area contributed by atoms with Gasteiger partial charge in [0.25, 0.3) is 0 Å². The predicted molar refractivity (Wildman–Crippen MR) is 87.9 cm³/mol. The zero-order chi connectivity index (χ0) is 14.7. The summed E-state index contributed by atoms with van der Waals surface area (Å²) in [5.41, 5.74) is 6.51. The van der Waals surface area contributed by atoms with Gasteiger partial charge in [-0.2, -0.15) is 0 Å². The van der Waals surface area contributed by atoms with Gasteiger partial charge >= 0.3 is 0 Å². The number of rotatable bonds is 5. The van der Waals surface area contributed by atoms with Gasteiger partial charge in [-0.15, -0.1) is 0 Å². The first-order valence-corrected chi connectivity index (χ1v) is 7.41. The number of likely N-dealkylation sites (N-methyl/N-ethyl adjacent to an activating group) is 1. The third kappa shape index (κ3) is 3.03. The molecule has 1 aliphatic heterocycles. The zero-order valence-electron chi connectivity index (χ0n) is 12.7. The highest BCUT2D eigenvalue weighted by Crippen LogP contribution is 2.27. The van der Waals surface area contributed by atoms with Gasteiger partial charge in [0.1, 0.15) is 0 Å². The lowest BCUT2D eigenvalue weighted by atomic mass is 10.1. The molecule has 0 aromatic heterocycles. The van der Waals surface area contributed by atoms with Crippen molar-refractivity contribution in [3.63, 3.8) is 0 Å². The van der Waals surface area contributed by atoms with E-state index < -0.39 is 0 Å². The summed E-state index contributed by atoms with van der Waals surface area (Å²) < 4.78 is 5.25. The Morgan fingerprint density at radius 1 is 1.19 bits per heavy atom. The molecule has 0 unspecified atom stereocenters. The Labute approximate surface area is 126 Å². The normalized spacial score (nSPS) is 13.3. The Balaban J connectivity index is 1.71. The molecule has 3 nitrogen and oxygen atoms in total. The van der Waals surface area contributed by atoms with Crippen molar-refractivity contribution in [2.24, 2.45) is 0 Å². The van der Waals surface area contributed by atoms with Crippen LogP contribution in [0.3, 0.4) is 0 Å². The fourth-order valence-electron chi connectivity index (χ4n) is 2.90. The summed E-state index contributed by atoms with van der Waals surface area (Å²) in [4.78, 5) is 2.32. The molecule has 0 radical (unpaired) electrons. The molecule has 0 fully saturated rings. The average Bonchev–Trinajstić information content (AvgIpc) is 2.88. The molecule has 0 amide bonds. The standard InChI is InChI=1S/C18H22N2O/c1-20-10-9-15-11-14(7-8-18(15)20)12-19-17-6-4-3-5-16(17)13-21-2/h3-8,11,19H,9-10,12-13H2,1-2H3. The predicted octanol–water partition coefficient (Wildman–Crippen LogP) is 3.44. The van der Waals surface area contributed by atoms with Crippen LogP contribution in [0, 0.1) is 0 Å². The molecule has 0 spiro atoms. The van der Waals surface area contributed by atoms with E-state index in [2.05, 4.69) is 53.7 Å². The van der Waals surface area contributed by atoms with Crippen LogP contribution in [-0.4, -0.2) is 20.7 Å². The highest BCUT2D eigenvalue weighted by atomic mass is 16.5. The van der Waals surface area contributed by atoms with E-state index in [1.807, 2.05) is 6.07 Å². The molecule has 110 valence electrons. The van der Waals surface area contributed by atoms with Gasteiger partial charge in [-0.3, -0.25) is 0 Å². The highest BCUT2D eigenvalue weighted by molar-refractivity contribution is 5.59. The Morgan fingerprint density at radius 3 is 2.90 bits per heavy atom. The van der Waals surface area contributed by atoms with E-state index in [4.69, 9.17) is 4.74 Å². The molecule has 21 heavy (non-hydrogen) atoms. The van der Waals surface area contributed by atoms with Crippen LogP contribution >= 0.6 is 0 Å². The lowest BCUT2D eigenvalue weighted by Gasteiger charge is -2.14. The van der Waals surface area contributed by atoms with Gasteiger partial charge in [-0.05, 0) is 29.7 Å². The second-order valence-corrected chi connectivity index (χ2v) is 5.58. The molecular weight excluding hydrogens is 260 g/mol. The molecule has 2 aromatic rings. The molecule has 1 N–H and O–H groups in total. The SMILES string of the molecule is COCc1ccccc1NCc1ccc2c(c1)CCN2C. The number of hydrogen-bond acceptors (Lipinski definition) is 3. The van der Waals surface area contributed by atoms with Gasteiger partial charge in [0.15, 0.2) is 0 Å². The van der Waals surface area contributed by atoms with E-state index in [0.717, 1.165) is 25.2 Å². The third-order valence-electron chi connectivity index (χ3n) is 4.07. The molecule has 2 aromatic carbocycles. The topological polar surface area (TPSA) is 24.5 Å². The fraction of sp³-hybridized carbons (Fsp3) is 0.333. The number of hydrogen-bond donors (Lipinski definition) is 1. The van der Waals surface area contributed by atoms with Gasteiger partial charge in [0.05, 0.1) is 6.61 Å². The first-order valence-electron chi connectivity index (χ1n) is 7.41. The van der Waals surface area contributed by atoms with Crippen molar-refractivity contribution < 1.29 is 4.74 Å². The van der Waals surface area contributed by atoms with Crippen LogP contribution in [0.15, 0.2) is 42.5 Å². The molecule has 3 heteroatoms. The molecule has 1 heterocycles. The molecule has 0 bridgehead atoms. The van der Waals surface area contributed by atoms with Crippen LogP contribution in [0.4, 0.5) is 11.4 Å². The number of nitrogens with one attached hydrogen (secondary N) is 1. The molecule has 3 rings (SSSR count). The number of methoxy groups -OCH3 is 1. The van der Waals surface area contributed by atoms with E-state index in [9.17, 15) is 0 Å². The van der Waals surface area contributed by atoms with Crippen molar-refractivity contribution in [1.82, 2.24) is 0 Å². The summed E-state index contributed by atoms with van der Waals surface area (Å²) in [6.07, 6.45) is 1.15. The summed E-state index contributed by atoms with van der Waals surface area (Å²) in [6, 6.07) is 15.1. The minimum Gasteiger partial charge on any atom is -0.381 e. The summed E-state index contributed by atoms with van der Waals surface area (Å²) in [7, 11) is 3.89. The monoisotopic (exact) mass is 282 g/mol. The molecule has 0 saturated carbocycles. The lowest BCUT2D eigenvalue weighted by molar-refractivity contribution is 0.185. The average molecular weight is 282 g/mol. The summed E-state index contributed by atoms with van der Waals surface area (Å²) in [6.45, 7) is 2.61. The van der Waals surface area contributed by atoms with Crippen molar-refractivity contribution in [3.05, 3.63) is 59.2 Å². The van der Waals surface area contributed by atoms with Crippen molar-refractivity contribution in [2.45, 2.75) is 19.6 Å². The number of benzene rings is 2. The second kappa shape index (κ2) is 6.19. The minimum atomic E-state index is 0.637. The Bertz CT molecular complexity index is 624. The molecule has 0 saturated heterocycles. The number of anilines is 2. The van der Waals surface area contributed by atoms with E-state index in [-0.39, 0.29) is 0 Å². The lowest BCUT2D eigenvalue weighted by Crippen LogP contribution is -2.12. The van der Waals surface area contributed by atoms with Gasteiger partial charge in [-0.25, -0.2) is 0 Å². The number of fused-ring (bicyclic) bond motifs is 1. The van der Waals surface area contributed by atoms with Crippen LogP contribution in [0.2, 0.25) is 0 Å². The summed E-state index contributed by atoms with van der Waals surface area (Å²) in [5.74, 6) is 0. The van der Waals surface area contributed by atoms with Crippen LogP contribution in [0.25, 0.3) is 0 Å². The molecule has 0 atom stereocenters. The van der Waals surface area contributed by atoms with E-state index in [1.54, 1.807) is 7.11 Å². The van der Waals surface area contributed by atoms with Gasteiger partial charge in [-0.1, -0.05) is 30.3 Å². The van der Waals surface area contributed by atoms with Gasteiger partial charge in [0.2, 0.25) is 0 Å². The smallest absolute Gasteiger partial charge is 0.0733 e. The maximum absolute atomic E-state index is 5.25. The number of ether oxygens (including phenoxy) is 1. The van der Waals surface area contributed by atoms with E-state index in [0.29, 0.717) is 6.61 Å². The Morgan fingerprint density at radius 2 is 2.05 bits per heavy atom. The maximum atomic E-state index is 5.25. The first kappa shape index (κ1) is 14.0. The summed E-state index contributed by atoms with van der Waals surface area (Å²) >= 11 is 0.